The van der Waals surface area contributed by atoms with Gasteiger partial charge in [0, 0.05) is 42.1 Å². The molecular formula is C23H30N4O3. The Morgan fingerprint density at radius 2 is 1.83 bits per heavy atom. The van der Waals surface area contributed by atoms with Gasteiger partial charge >= 0.3 is 6.03 Å². The van der Waals surface area contributed by atoms with Gasteiger partial charge in [-0.25, -0.2) is 4.79 Å². The smallest absolute Gasteiger partial charge is 0.315 e. The maximum absolute atomic E-state index is 12.1. The third-order valence-corrected chi connectivity index (χ3v) is 4.76. The van der Waals surface area contributed by atoms with E-state index in [0.29, 0.717) is 43.2 Å². The van der Waals surface area contributed by atoms with E-state index in [1.807, 2.05) is 30.0 Å². The van der Waals surface area contributed by atoms with Crippen molar-refractivity contribution in [3.05, 3.63) is 71.4 Å². The Kier molecular flexibility index (Phi) is 8.29. The normalized spacial score (nSPS) is 10.2. The highest BCUT2D eigenvalue weighted by Gasteiger charge is 2.13. The fraction of sp³-hybridized carbons (Fsp3) is 0.304. The number of urea groups is 1. The number of amides is 2. The summed E-state index contributed by atoms with van der Waals surface area (Å²) in [5.74, 6) is 0.709. The number of hydrogen-bond donors (Lipinski definition) is 3. The van der Waals surface area contributed by atoms with Crippen LogP contribution >= 0.6 is 0 Å². The third-order valence-electron chi connectivity index (χ3n) is 4.76. The molecule has 2 aromatic rings. The molecule has 2 amide bonds. The summed E-state index contributed by atoms with van der Waals surface area (Å²) in [6, 6.07) is 12.4. The summed E-state index contributed by atoms with van der Waals surface area (Å²) in [6.07, 6.45) is 0. The van der Waals surface area contributed by atoms with E-state index in [1.165, 1.54) is 6.92 Å². The molecule has 0 bridgehead atoms. The number of nitrogens with zero attached hydrogens (tertiary/aromatic N) is 1. The Hall–Kier alpha value is -3.48. The molecule has 0 aliphatic carbocycles. The molecule has 0 aliphatic heterocycles. The molecule has 0 atom stereocenters. The van der Waals surface area contributed by atoms with E-state index in [1.54, 1.807) is 31.4 Å². The first-order valence-electron chi connectivity index (χ1n) is 9.80. The standard InChI is InChI=1S/C23H30N4O3/c1-5-27(15-20-12-19(17(3)28)8-11-22(20)30-4)16(2)13-25-23(29)26-14-18-6-9-21(24)10-7-18/h6-12H,2,5,13-15,24H2,1,3-4H3,(H2,25,26,29). The van der Waals surface area contributed by atoms with E-state index in [0.717, 1.165) is 16.8 Å². The van der Waals surface area contributed by atoms with Crippen LogP contribution in [0.3, 0.4) is 0 Å². The zero-order valence-corrected chi connectivity index (χ0v) is 17.8. The van der Waals surface area contributed by atoms with E-state index in [4.69, 9.17) is 10.5 Å². The lowest BCUT2D eigenvalue weighted by molar-refractivity contribution is 0.101. The lowest BCUT2D eigenvalue weighted by atomic mass is 10.1. The first kappa shape index (κ1) is 22.8. The van der Waals surface area contributed by atoms with Crippen molar-refractivity contribution in [1.29, 1.82) is 0 Å². The van der Waals surface area contributed by atoms with Crippen LogP contribution in [0.2, 0.25) is 0 Å². The Bertz CT molecular complexity index is 894. The number of ketones is 1. The number of nitrogens with two attached hydrogens (primary N) is 1. The number of ether oxygens (including phenoxy) is 1. The monoisotopic (exact) mass is 410 g/mol. The summed E-state index contributed by atoms with van der Waals surface area (Å²) in [4.78, 5) is 25.9. The molecule has 4 N–H and O–H groups in total. The maximum Gasteiger partial charge on any atom is 0.315 e. The number of likely N-dealkylation sites (N-methyl/N-ethyl adjacent to an activating group) is 1. The highest BCUT2D eigenvalue weighted by Crippen LogP contribution is 2.23. The molecule has 0 saturated carbocycles. The number of nitrogens with one attached hydrogen (secondary N) is 2. The van der Waals surface area contributed by atoms with Gasteiger partial charge in [-0.05, 0) is 49.7 Å². The molecule has 0 saturated heterocycles. The molecule has 0 radical (unpaired) electrons. The minimum Gasteiger partial charge on any atom is -0.496 e. The predicted molar refractivity (Wildman–Crippen MR) is 119 cm³/mol. The number of Topliss-reactive ketones (excluding diaryl/α,β-unsaturated/α-hetero) is 1. The Morgan fingerprint density at radius 1 is 1.13 bits per heavy atom. The summed E-state index contributed by atoms with van der Waals surface area (Å²) in [5.41, 5.74) is 9.59. The van der Waals surface area contributed by atoms with E-state index in [-0.39, 0.29) is 11.8 Å². The number of rotatable bonds is 10. The summed E-state index contributed by atoms with van der Waals surface area (Å²) >= 11 is 0. The first-order chi connectivity index (χ1) is 14.3. The van der Waals surface area contributed by atoms with Gasteiger partial charge in [0.05, 0.1) is 13.7 Å². The van der Waals surface area contributed by atoms with Crippen LogP contribution in [-0.2, 0) is 13.1 Å². The minimum atomic E-state index is -0.278. The van der Waals surface area contributed by atoms with Gasteiger partial charge in [0.1, 0.15) is 5.75 Å². The van der Waals surface area contributed by atoms with Gasteiger partial charge in [-0.3, -0.25) is 4.79 Å². The molecule has 7 heteroatoms. The second-order valence-electron chi connectivity index (χ2n) is 6.94. The topological polar surface area (TPSA) is 96.7 Å². The van der Waals surface area contributed by atoms with Crippen molar-refractivity contribution in [2.24, 2.45) is 0 Å². The SMILES string of the molecule is C=C(CNC(=O)NCc1ccc(N)cc1)N(CC)Cc1cc(C(C)=O)ccc1OC. The molecule has 0 aliphatic rings. The van der Waals surface area contributed by atoms with Gasteiger partial charge in [0.15, 0.2) is 5.78 Å². The van der Waals surface area contributed by atoms with E-state index in [2.05, 4.69) is 17.2 Å². The molecule has 30 heavy (non-hydrogen) atoms. The predicted octanol–water partition coefficient (Wildman–Crippen LogP) is 3.32. The van der Waals surface area contributed by atoms with E-state index < -0.39 is 0 Å². The minimum absolute atomic E-state index is 0.000202. The van der Waals surface area contributed by atoms with Crippen molar-refractivity contribution in [1.82, 2.24) is 15.5 Å². The van der Waals surface area contributed by atoms with Crippen molar-refractivity contribution >= 4 is 17.5 Å². The zero-order valence-electron chi connectivity index (χ0n) is 17.8. The molecule has 2 aromatic carbocycles. The largest absolute Gasteiger partial charge is 0.496 e. The molecule has 0 unspecified atom stereocenters. The number of methoxy groups -OCH3 is 1. The highest BCUT2D eigenvalue weighted by molar-refractivity contribution is 5.94. The van der Waals surface area contributed by atoms with Crippen LogP contribution in [-0.4, -0.2) is 36.9 Å². The fourth-order valence-electron chi connectivity index (χ4n) is 2.95. The molecule has 160 valence electrons. The number of benzene rings is 2. The van der Waals surface area contributed by atoms with Crippen molar-refractivity contribution in [2.75, 3.05) is 25.9 Å². The van der Waals surface area contributed by atoms with E-state index >= 15 is 0 Å². The van der Waals surface area contributed by atoms with Gasteiger partial charge in [-0.2, -0.15) is 0 Å². The van der Waals surface area contributed by atoms with Crippen LogP contribution in [0.15, 0.2) is 54.7 Å². The lowest BCUT2D eigenvalue weighted by Gasteiger charge is -2.26. The number of carbonyl (C=O) groups excluding carboxylic acids is 2. The van der Waals surface area contributed by atoms with E-state index in [9.17, 15) is 9.59 Å². The van der Waals surface area contributed by atoms with Gasteiger partial charge < -0.3 is 26.0 Å². The van der Waals surface area contributed by atoms with Crippen LogP contribution in [0, 0.1) is 0 Å². The Labute approximate surface area is 177 Å². The Morgan fingerprint density at radius 3 is 2.43 bits per heavy atom. The number of anilines is 1. The quantitative estimate of drug-likeness (QED) is 0.412. The molecule has 7 nitrogen and oxygen atoms in total. The van der Waals surface area contributed by atoms with Crippen LogP contribution in [0.1, 0.15) is 35.3 Å². The van der Waals surface area contributed by atoms with Gasteiger partial charge in [-0.1, -0.05) is 18.7 Å². The molecule has 0 fully saturated rings. The van der Waals surface area contributed by atoms with Crippen molar-refractivity contribution in [3.8, 4) is 5.75 Å². The van der Waals surface area contributed by atoms with Gasteiger partial charge in [0.25, 0.3) is 0 Å². The molecular weight excluding hydrogens is 380 g/mol. The zero-order chi connectivity index (χ0) is 22.1. The molecule has 0 aromatic heterocycles. The summed E-state index contributed by atoms with van der Waals surface area (Å²) in [7, 11) is 1.60. The summed E-state index contributed by atoms with van der Waals surface area (Å²) < 4.78 is 5.43. The molecule has 2 rings (SSSR count). The van der Waals surface area contributed by atoms with Crippen LogP contribution in [0.5, 0.6) is 5.75 Å². The lowest BCUT2D eigenvalue weighted by Crippen LogP contribution is -2.38. The van der Waals surface area contributed by atoms with Crippen molar-refractivity contribution in [3.63, 3.8) is 0 Å². The number of hydrogen-bond acceptors (Lipinski definition) is 5. The van der Waals surface area contributed by atoms with Gasteiger partial charge in [0.2, 0.25) is 0 Å². The average molecular weight is 411 g/mol. The van der Waals surface area contributed by atoms with Crippen LogP contribution in [0.25, 0.3) is 0 Å². The first-order valence-corrected chi connectivity index (χ1v) is 9.80. The maximum atomic E-state index is 12.1. The summed E-state index contributed by atoms with van der Waals surface area (Å²) in [6.45, 7) is 9.57. The second-order valence-corrected chi connectivity index (χ2v) is 6.94. The fourth-order valence-corrected chi connectivity index (χ4v) is 2.95. The van der Waals surface area contributed by atoms with Crippen LogP contribution in [0.4, 0.5) is 10.5 Å². The average Bonchev–Trinajstić information content (AvgIpc) is 2.75. The van der Waals surface area contributed by atoms with Crippen molar-refractivity contribution < 1.29 is 14.3 Å². The van der Waals surface area contributed by atoms with Gasteiger partial charge in [-0.15, -0.1) is 0 Å². The number of nitrogen functional groups attached to an aromatic ring is 1. The second kappa shape index (κ2) is 10.9. The third kappa shape index (κ3) is 6.55. The number of carbonyl (C=O) groups is 2. The van der Waals surface area contributed by atoms with Crippen LogP contribution < -0.4 is 21.1 Å². The molecule has 0 heterocycles. The van der Waals surface area contributed by atoms with Crippen molar-refractivity contribution in [2.45, 2.75) is 26.9 Å². The molecule has 0 spiro atoms. The highest BCUT2D eigenvalue weighted by atomic mass is 16.5. The Balaban J connectivity index is 1.91. The summed E-state index contributed by atoms with van der Waals surface area (Å²) in [5, 5.41) is 5.63.